The summed E-state index contributed by atoms with van der Waals surface area (Å²) < 4.78 is 24.9. The highest BCUT2D eigenvalue weighted by Gasteiger charge is 2.23. The topological polar surface area (TPSA) is 70.6 Å². The second kappa shape index (κ2) is 7.75. The molecule has 0 fully saturated rings. The van der Waals surface area contributed by atoms with E-state index in [-0.39, 0.29) is 10.8 Å². The van der Waals surface area contributed by atoms with Gasteiger partial charge >= 0.3 is 0 Å². The van der Waals surface area contributed by atoms with Crippen LogP contribution in [-0.2, 0) is 9.84 Å². The number of sulfone groups is 1. The van der Waals surface area contributed by atoms with Crippen LogP contribution in [0.1, 0.15) is 10.4 Å². The maximum absolute atomic E-state index is 13.1. The minimum absolute atomic E-state index is 0.155. The highest BCUT2D eigenvalue weighted by Crippen LogP contribution is 2.33. The zero-order valence-corrected chi connectivity index (χ0v) is 17.0. The second-order valence-electron chi connectivity index (χ2n) is 6.50. The Bertz CT molecular complexity index is 1060. The highest BCUT2D eigenvalue weighted by molar-refractivity contribution is 7.91. The van der Waals surface area contributed by atoms with Crippen molar-refractivity contribution in [1.29, 1.82) is 0 Å². The van der Waals surface area contributed by atoms with Gasteiger partial charge in [0, 0.05) is 24.9 Å². The van der Waals surface area contributed by atoms with E-state index < -0.39 is 9.84 Å². The molecule has 8 heteroatoms. The summed E-state index contributed by atoms with van der Waals surface area (Å²) in [7, 11) is 0.464. The van der Waals surface area contributed by atoms with Gasteiger partial charge in [0.25, 0.3) is 5.91 Å². The third-order valence-corrected chi connectivity index (χ3v) is 6.21. The molecule has 0 spiro atoms. The fourth-order valence-electron chi connectivity index (χ4n) is 2.65. The first kappa shape index (κ1) is 19.5. The van der Waals surface area contributed by atoms with Gasteiger partial charge in [0.15, 0.2) is 15.0 Å². The second-order valence-corrected chi connectivity index (χ2v) is 9.49. The monoisotopic (exact) mass is 403 g/mol. The normalized spacial score (nSPS) is 11.9. The third kappa shape index (κ3) is 4.35. The predicted octanol–water partition coefficient (Wildman–Crippen LogP) is 2.91. The maximum Gasteiger partial charge on any atom is 0.260 e. The van der Waals surface area contributed by atoms with Crippen LogP contribution in [0.2, 0.25) is 0 Å². The Morgan fingerprint density at radius 1 is 1.04 bits per heavy atom. The molecular formula is C19H21N3O3S2. The van der Waals surface area contributed by atoms with Crippen LogP contribution in [0.4, 0.5) is 5.13 Å². The zero-order valence-electron chi connectivity index (χ0n) is 15.4. The Morgan fingerprint density at radius 2 is 1.74 bits per heavy atom. The van der Waals surface area contributed by atoms with Crippen molar-refractivity contribution >= 4 is 42.4 Å². The van der Waals surface area contributed by atoms with E-state index in [9.17, 15) is 13.2 Å². The Kier molecular flexibility index (Phi) is 5.59. The number of amides is 1. The molecule has 142 valence electrons. The molecule has 0 saturated heterocycles. The number of nitrogens with zero attached hydrogens (tertiary/aromatic N) is 3. The fraction of sp³-hybridized carbons (Fsp3) is 0.263. The molecule has 27 heavy (non-hydrogen) atoms. The summed E-state index contributed by atoms with van der Waals surface area (Å²) in [5, 5.41) is 0.497. The molecule has 0 bridgehead atoms. The van der Waals surface area contributed by atoms with E-state index >= 15 is 0 Å². The van der Waals surface area contributed by atoms with E-state index in [0.29, 0.717) is 29.3 Å². The standard InChI is InChI=1S/C19H21N3O3S2/c1-21(2)12-13-22(18(23)14-8-5-4-6-9-14)19-20-17-15(26-19)10-7-11-16(17)27(3,24)25/h4-11H,12-13H2,1-3H3. The summed E-state index contributed by atoms with van der Waals surface area (Å²) in [5.74, 6) is -0.155. The smallest absolute Gasteiger partial charge is 0.260 e. The number of hydrogen-bond donors (Lipinski definition) is 0. The third-order valence-electron chi connectivity index (χ3n) is 4.04. The largest absolute Gasteiger partial charge is 0.308 e. The predicted molar refractivity (Wildman–Crippen MR) is 109 cm³/mol. The minimum atomic E-state index is -3.41. The van der Waals surface area contributed by atoms with Crippen LogP contribution in [0.25, 0.3) is 10.2 Å². The molecule has 3 aromatic rings. The van der Waals surface area contributed by atoms with E-state index in [2.05, 4.69) is 4.98 Å². The van der Waals surface area contributed by atoms with Gasteiger partial charge in [-0.15, -0.1) is 0 Å². The number of benzene rings is 2. The summed E-state index contributed by atoms with van der Waals surface area (Å²) in [6.07, 6.45) is 1.17. The minimum Gasteiger partial charge on any atom is -0.308 e. The van der Waals surface area contributed by atoms with Crippen molar-refractivity contribution in [2.45, 2.75) is 4.90 Å². The van der Waals surface area contributed by atoms with E-state index in [1.54, 1.807) is 29.2 Å². The molecule has 0 aliphatic carbocycles. The first-order chi connectivity index (χ1) is 12.8. The molecule has 0 unspecified atom stereocenters. The molecule has 3 rings (SSSR count). The van der Waals surface area contributed by atoms with Crippen molar-refractivity contribution in [2.75, 3.05) is 38.3 Å². The lowest BCUT2D eigenvalue weighted by Crippen LogP contribution is -2.36. The molecule has 0 radical (unpaired) electrons. The fourth-order valence-corrected chi connectivity index (χ4v) is 4.56. The van der Waals surface area contributed by atoms with E-state index in [1.807, 2.05) is 43.3 Å². The van der Waals surface area contributed by atoms with Crippen LogP contribution in [0.3, 0.4) is 0 Å². The van der Waals surface area contributed by atoms with Gasteiger partial charge in [-0.25, -0.2) is 13.4 Å². The lowest BCUT2D eigenvalue weighted by Gasteiger charge is -2.22. The number of aromatic nitrogens is 1. The summed E-state index contributed by atoms with van der Waals surface area (Å²) in [6, 6.07) is 14.1. The van der Waals surface area contributed by atoms with Gasteiger partial charge in [0.1, 0.15) is 5.52 Å². The number of likely N-dealkylation sites (N-methyl/N-ethyl adjacent to an activating group) is 1. The average Bonchev–Trinajstić information content (AvgIpc) is 3.05. The molecule has 0 atom stereocenters. The Labute approximate surface area is 163 Å². The van der Waals surface area contributed by atoms with E-state index in [4.69, 9.17) is 0 Å². The number of anilines is 1. The summed E-state index contributed by atoms with van der Waals surface area (Å²) >= 11 is 1.32. The SMILES string of the molecule is CN(C)CCN(C(=O)c1ccccc1)c1nc2c(S(C)(=O)=O)cccc2s1. The molecule has 0 saturated carbocycles. The number of para-hydroxylation sites is 1. The highest BCUT2D eigenvalue weighted by atomic mass is 32.2. The van der Waals surface area contributed by atoms with Crippen LogP contribution >= 0.6 is 11.3 Å². The van der Waals surface area contributed by atoms with Crippen LogP contribution in [0, 0.1) is 0 Å². The van der Waals surface area contributed by atoms with Gasteiger partial charge in [0.05, 0.1) is 9.60 Å². The Balaban J connectivity index is 2.08. The van der Waals surface area contributed by atoms with Gasteiger partial charge in [-0.05, 0) is 38.4 Å². The van der Waals surface area contributed by atoms with Crippen LogP contribution in [0.15, 0.2) is 53.4 Å². The van der Waals surface area contributed by atoms with Gasteiger partial charge < -0.3 is 4.90 Å². The molecule has 1 amide bonds. The molecular weight excluding hydrogens is 382 g/mol. The van der Waals surface area contributed by atoms with Crippen molar-refractivity contribution in [1.82, 2.24) is 9.88 Å². The quantitative estimate of drug-likeness (QED) is 0.633. The number of carbonyl (C=O) groups excluding carboxylic acids is 1. The van der Waals surface area contributed by atoms with Gasteiger partial charge in [-0.3, -0.25) is 9.69 Å². The number of hydrogen-bond acceptors (Lipinski definition) is 6. The average molecular weight is 404 g/mol. The molecule has 1 aromatic heterocycles. The van der Waals surface area contributed by atoms with Crippen LogP contribution < -0.4 is 4.90 Å². The van der Waals surface area contributed by atoms with Crippen molar-refractivity contribution < 1.29 is 13.2 Å². The number of rotatable bonds is 6. The van der Waals surface area contributed by atoms with Gasteiger partial charge in [-0.2, -0.15) is 0 Å². The Morgan fingerprint density at radius 3 is 2.37 bits per heavy atom. The lowest BCUT2D eigenvalue weighted by atomic mass is 10.2. The van der Waals surface area contributed by atoms with Crippen molar-refractivity contribution in [3.63, 3.8) is 0 Å². The Hall–Kier alpha value is -2.29. The van der Waals surface area contributed by atoms with Crippen molar-refractivity contribution in [3.05, 3.63) is 54.1 Å². The summed E-state index contributed by atoms with van der Waals surface area (Å²) in [5.41, 5.74) is 0.981. The van der Waals surface area contributed by atoms with Crippen LogP contribution in [-0.4, -0.2) is 57.6 Å². The zero-order chi connectivity index (χ0) is 19.6. The van der Waals surface area contributed by atoms with Gasteiger partial charge in [0.2, 0.25) is 0 Å². The lowest BCUT2D eigenvalue weighted by molar-refractivity contribution is 0.0985. The molecule has 0 aliphatic rings. The van der Waals surface area contributed by atoms with E-state index in [1.165, 1.54) is 17.6 Å². The van der Waals surface area contributed by atoms with Gasteiger partial charge in [-0.1, -0.05) is 35.6 Å². The van der Waals surface area contributed by atoms with Crippen molar-refractivity contribution in [2.24, 2.45) is 0 Å². The number of thiazole rings is 1. The molecule has 1 heterocycles. The molecule has 2 aromatic carbocycles. The molecule has 0 aliphatic heterocycles. The van der Waals surface area contributed by atoms with Crippen molar-refractivity contribution in [3.8, 4) is 0 Å². The molecule has 0 N–H and O–H groups in total. The maximum atomic E-state index is 13.1. The number of fused-ring (bicyclic) bond motifs is 1. The first-order valence-corrected chi connectivity index (χ1v) is 11.1. The summed E-state index contributed by atoms with van der Waals surface area (Å²) in [4.78, 5) is 21.4. The number of carbonyl (C=O) groups is 1. The van der Waals surface area contributed by atoms with Crippen LogP contribution in [0.5, 0.6) is 0 Å². The first-order valence-electron chi connectivity index (χ1n) is 8.38. The van der Waals surface area contributed by atoms with E-state index in [0.717, 1.165) is 4.70 Å². The summed E-state index contributed by atoms with van der Waals surface area (Å²) in [6.45, 7) is 1.11. The molecule has 6 nitrogen and oxygen atoms in total.